The van der Waals surface area contributed by atoms with Crippen LogP contribution in [0.15, 0.2) is 35.1 Å². The Kier molecular flexibility index (Phi) is 4.38. The van der Waals surface area contributed by atoms with Gasteiger partial charge in [-0.15, -0.1) is 0 Å². The van der Waals surface area contributed by atoms with Gasteiger partial charge in [0.2, 0.25) is 0 Å². The summed E-state index contributed by atoms with van der Waals surface area (Å²) in [5.41, 5.74) is 6.70. The quantitative estimate of drug-likeness (QED) is 0.921. The molecule has 2 rings (SSSR count). The zero-order chi connectivity index (χ0) is 13.0. The van der Waals surface area contributed by atoms with Crippen molar-refractivity contribution in [1.82, 2.24) is 9.55 Å². The first-order chi connectivity index (χ1) is 8.72. The van der Waals surface area contributed by atoms with Crippen LogP contribution in [-0.2, 0) is 20.0 Å². The fourth-order valence-electron chi connectivity index (χ4n) is 1.76. The van der Waals surface area contributed by atoms with Gasteiger partial charge in [0.15, 0.2) is 0 Å². The average molecular weight is 310 g/mol. The molecule has 96 valence electrons. The van der Waals surface area contributed by atoms with E-state index in [0.717, 1.165) is 28.0 Å². The number of benzene rings is 1. The number of hydrogen-bond donors (Lipinski definition) is 1. The normalized spacial score (nSPS) is 10.6. The van der Waals surface area contributed by atoms with Gasteiger partial charge in [0.05, 0.1) is 11.1 Å². The van der Waals surface area contributed by atoms with Gasteiger partial charge in [0.1, 0.15) is 11.6 Å². The number of rotatable bonds is 5. The van der Waals surface area contributed by atoms with E-state index in [4.69, 9.17) is 10.5 Å². The van der Waals surface area contributed by atoms with E-state index in [2.05, 4.69) is 20.9 Å². The van der Waals surface area contributed by atoms with Crippen LogP contribution in [0.3, 0.4) is 0 Å². The van der Waals surface area contributed by atoms with Gasteiger partial charge in [-0.25, -0.2) is 4.98 Å². The number of nitrogens with two attached hydrogens (primary N) is 1. The van der Waals surface area contributed by atoms with Crippen LogP contribution in [0.2, 0.25) is 0 Å². The Morgan fingerprint density at radius 2 is 2.28 bits per heavy atom. The summed E-state index contributed by atoms with van der Waals surface area (Å²) in [6, 6.07) is 5.88. The molecule has 0 saturated carbocycles. The molecule has 1 heterocycles. The SMILES string of the molecule is Cn1ccnc1CCOc1c(Br)cccc1CN. The molecule has 4 nitrogen and oxygen atoms in total. The molecule has 0 unspecified atom stereocenters. The molecule has 2 N–H and O–H groups in total. The molecule has 0 atom stereocenters. The summed E-state index contributed by atoms with van der Waals surface area (Å²) < 4.78 is 8.74. The Morgan fingerprint density at radius 3 is 2.94 bits per heavy atom. The lowest BCUT2D eigenvalue weighted by Crippen LogP contribution is -2.09. The molecule has 0 amide bonds. The molecule has 0 fully saturated rings. The third kappa shape index (κ3) is 2.91. The topological polar surface area (TPSA) is 53.1 Å². The molecule has 0 aliphatic heterocycles. The second kappa shape index (κ2) is 6.02. The van der Waals surface area contributed by atoms with Gasteiger partial charge in [-0.2, -0.15) is 0 Å². The Labute approximate surface area is 115 Å². The first-order valence-electron chi connectivity index (χ1n) is 5.79. The molecular weight excluding hydrogens is 294 g/mol. The van der Waals surface area contributed by atoms with Gasteiger partial charge < -0.3 is 15.0 Å². The third-order valence-electron chi connectivity index (χ3n) is 2.76. The molecule has 0 saturated heterocycles. The largest absolute Gasteiger partial charge is 0.492 e. The van der Waals surface area contributed by atoms with Crippen molar-refractivity contribution >= 4 is 15.9 Å². The lowest BCUT2D eigenvalue weighted by molar-refractivity contribution is 0.312. The highest BCUT2D eigenvalue weighted by Gasteiger charge is 2.07. The van der Waals surface area contributed by atoms with E-state index in [1.807, 2.05) is 36.0 Å². The van der Waals surface area contributed by atoms with E-state index >= 15 is 0 Å². The molecule has 0 bridgehead atoms. The van der Waals surface area contributed by atoms with E-state index in [-0.39, 0.29) is 0 Å². The fourth-order valence-corrected chi connectivity index (χ4v) is 2.28. The number of aromatic nitrogens is 2. The van der Waals surface area contributed by atoms with Crippen LogP contribution in [-0.4, -0.2) is 16.2 Å². The van der Waals surface area contributed by atoms with E-state index in [9.17, 15) is 0 Å². The minimum absolute atomic E-state index is 0.469. The standard InChI is InChI=1S/C13H16BrN3O/c1-17-7-6-16-12(17)5-8-18-13-10(9-15)3-2-4-11(13)14/h2-4,6-7H,5,8-9,15H2,1H3. The fraction of sp³-hybridized carbons (Fsp3) is 0.308. The van der Waals surface area contributed by atoms with Crippen molar-refractivity contribution in [1.29, 1.82) is 0 Å². The molecule has 1 aromatic heterocycles. The number of para-hydroxylation sites is 1. The molecule has 18 heavy (non-hydrogen) atoms. The molecule has 5 heteroatoms. The zero-order valence-electron chi connectivity index (χ0n) is 10.3. The predicted octanol–water partition coefficient (Wildman–Crippen LogP) is 2.26. The number of hydrogen-bond acceptors (Lipinski definition) is 3. The summed E-state index contributed by atoms with van der Waals surface area (Å²) in [7, 11) is 1.98. The van der Waals surface area contributed by atoms with E-state index in [1.165, 1.54) is 0 Å². The Balaban J connectivity index is 2.00. The molecule has 0 aliphatic rings. The maximum Gasteiger partial charge on any atom is 0.137 e. The van der Waals surface area contributed by atoms with E-state index in [0.29, 0.717) is 13.2 Å². The van der Waals surface area contributed by atoms with Crippen molar-refractivity contribution in [3.63, 3.8) is 0 Å². The summed E-state index contributed by atoms with van der Waals surface area (Å²) in [6.07, 6.45) is 4.49. The molecule has 1 aromatic carbocycles. The monoisotopic (exact) mass is 309 g/mol. The lowest BCUT2D eigenvalue weighted by atomic mass is 10.2. The van der Waals surface area contributed by atoms with Crippen molar-refractivity contribution < 1.29 is 4.74 Å². The summed E-state index contributed by atoms with van der Waals surface area (Å²) >= 11 is 3.48. The second-order valence-corrected chi connectivity index (χ2v) is 4.84. The van der Waals surface area contributed by atoms with Gasteiger partial charge >= 0.3 is 0 Å². The summed E-state index contributed by atoms with van der Waals surface area (Å²) in [5.74, 6) is 1.84. The maximum absolute atomic E-state index is 5.81. The average Bonchev–Trinajstić information content (AvgIpc) is 2.77. The summed E-state index contributed by atoms with van der Waals surface area (Å²) in [6.45, 7) is 1.05. The number of nitrogens with zero attached hydrogens (tertiary/aromatic N) is 2. The van der Waals surface area contributed by atoms with Crippen molar-refractivity contribution in [3.8, 4) is 5.75 Å². The van der Waals surface area contributed by atoms with Crippen molar-refractivity contribution in [2.45, 2.75) is 13.0 Å². The molecule has 2 aromatic rings. The predicted molar refractivity (Wildman–Crippen MR) is 74.4 cm³/mol. The Bertz CT molecular complexity index is 525. The van der Waals surface area contributed by atoms with Crippen molar-refractivity contribution in [3.05, 3.63) is 46.5 Å². The smallest absolute Gasteiger partial charge is 0.137 e. The van der Waals surface area contributed by atoms with Crippen LogP contribution in [0.25, 0.3) is 0 Å². The summed E-state index contributed by atoms with van der Waals surface area (Å²) in [5, 5.41) is 0. The Hall–Kier alpha value is -1.33. The van der Waals surface area contributed by atoms with Crippen LogP contribution in [0, 0.1) is 0 Å². The van der Waals surface area contributed by atoms with E-state index in [1.54, 1.807) is 6.20 Å². The Morgan fingerprint density at radius 1 is 1.44 bits per heavy atom. The first kappa shape index (κ1) is 13.1. The van der Waals surface area contributed by atoms with Crippen LogP contribution >= 0.6 is 15.9 Å². The van der Waals surface area contributed by atoms with Gasteiger partial charge in [0.25, 0.3) is 0 Å². The van der Waals surface area contributed by atoms with E-state index < -0.39 is 0 Å². The minimum Gasteiger partial charge on any atom is -0.492 e. The van der Waals surface area contributed by atoms with Crippen LogP contribution < -0.4 is 10.5 Å². The molecule has 0 spiro atoms. The highest BCUT2D eigenvalue weighted by molar-refractivity contribution is 9.10. The van der Waals surface area contributed by atoms with Gasteiger partial charge in [-0.05, 0) is 22.0 Å². The van der Waals surface area contributed by atoms with Gasteiger partial charge in [-0.3, -0.25) is 0 Å². The van der Waals surface area contributed by atoms with Crippen LogP contribution in [0.5, 0.6) is 5.75 Å². The highest BCUT2D eigenvalue weighted by atomic mass is 79.9. The third-order valence-corrected chi connectivity index (χ3v) is 3.39. The number of aryl methyl sites for hydroxylation is 1. The van der Waals surface area contributed by atoms with Crippen LogP contribution in [0.1, 0.15) is 11.4 Å². The second-order valence-electron chi connectivity index (χ2n) is 3.99. The molecule has 0 aliphatic carbocycles. The molecule has 0 radical (unpaired) electrons. The summed E-state index contributed by atoms with van der Waals surface area (Å²) in [4.78, 5) is 4.26. The van der Waals surface area contributed by atoms with Crippen LogP contribution in [0.4, 0.5) is 0 Å². The first-order valence-corrected chi connectivity index (χ1v) is 6.58. The number of imidazole rings is 1. The minimum atomic E-state index is 0.469. The van der Waals surface area contributed by atoms with Crippen molar-refractivity contribution in [2.75, 3.05) is 6.61 Å². The number of halogens is 1. The molecular formula is C13H16BrN3O. The lowest BCUT2D eigenvalue weighted by Gasteiger charge is -2.12. The zero-order valence-corrected chi connectivity index (χ0v) is 11.9. The highest BCUT2D eigenvalue weighted by Crippen LogP contribution is 2.28. The number of ether oxygens (including phenoxy) is 1. The van der Waals surface area contributed by atoms with Crippen molar-refractivity contribution in [2.24, 2.45) is 12.8 Å². The van der Waals surface area contributed by atoms with Gasteiger partial charge in [-0.1, -0.05) is 12.1 Å². The maximum atomic E-state index is 5.81. The van der Waals surface area contributed by atoms with Gasteiger partial charge in [0, 0.05) is 38.0 Å².